The molecule has 28 heavy (non-hydrogen) atoms. The second kappa shape index (κ2) is 8.32. The third-order valence-electron chi connectivity index (χ3n) is 3.98. The Morgan fingerprint density at radius 3 is 2.71 bits per heavy atom. The van der Waals surface area contributed by atoms with E-state index in [4.69, 9.17) is 18.9 Å². The third kappa shape index (κ3) is 4.44. The normalized spacial score (nSPS) is 12.9. The Kier molecular flexibility index (Phi) is 5.86. The Bertz CT molecular complexity index is 1010. The molecule has 9 heteroatoms. The molecule has 1 N–H and O–H groups in total. The van der Waals surface area contributed by atoms with Gasteiger partial charge in [0.2, 0.25) is 16.8 Å². The fourth-order valence-corrected chi connectivity index (χ4v) is 3.44. The average Bonchev–Trinajstić information content (AvgIpc) is 3.18. The van der Waals surface area contributed by atoms with Crippen LogP contribution < -0.4 is 18.9 Å². The highest BCUT2D eigenvalue weighted by Gasteiger charge is 2.18. The molecule has 0 radical (unpaired) electrons. The molecule has 0 aromatic heterocycles. The van der Waals surface area contributed by atoms with E-state index in [0.29, 0.717) is 17.1 Å². The van der Waals surface area contributed by atoms with Crippen molar-refractivity contribution in [1.82, 2.24) is 4.72 Å². The van der Waals surface area contributed by atoms with Gasteiger partial charge in [0, 0.05) is 6.08 Å². The molecule has 0 unspecified atom stereocenters. The molecule has 3 rings (SSSR count). The summed E-state index contributed by atoms with van der Waals surface area (Å²) in [5.74, 6) is 0.908. The summed E-state index contributed by atoms with van der Waals surface area (Å²) in [4.78, 5) is 11.9. The summed E-state index contributed by atoms with van der Waals surface area (Å²) < 4.78 is 47.2. The summed E-state index contributed by atoms with van der Waals surface area (Å²) in [6.45, 7) is 0.246. The largest absolute Gasteiger partial charge is 0.495 e. The van der Waals surface area contributed by atoms with Crippen LogP contribution in [0, 0.1) is 0 Å². The lowest BCUT2D eigenvalue weighted by molar-refractivity contribution is -0.138. The topological polar surface area (TPSA) is 100 Å². The van der Waals surface area contributed by atoms with Crippen LogP contribution in [0.4, 0.5) is 0 Å². The van der Waals surface area contributed by atoms with Crippen molar-refractivity contribution in [3.05, 3.63) is 53.6 Å². The SMILES string of the molecule is CNS(=O)(=O)c1cc(/C=C/C(=O)OCc2ccc3c(c2)OCO3)ccc1OC. The summed E-state index contributed by atoms with van der Waals surface area (Å²) in [5, 5.41) is 0. The molecule has 1 aliphatic heterocycles. The lowest BCUT2D eigenvalue weighted by Gasteiger charge is -2.09. The number of carbonyl (C=O) groups excluding carboxylic acids is 1. The zero-order valence-electron chi connectivity index (χ0n) is 15.3. The quantitative estimate of drug-likeness (QED) is 0.556. The molecule has 148 valence electrons. The molecule has 1 aliphatic rings. The number of nitrogens with one attached hydrogen (secondary N) is 1. The molecule has 0 saturated heterocycles. The number of ether oxygens (including phenoxy) is 4. The maximum atomic E-state index is 12.1. The second-order valence-corrected chi connectivity index (χ2v) is 7.60. The maximum Gasteiger partial charge on any atom is 0.331 e. The van der Waals surface area contributed by atoms with Crippen molar-refractivity contribution in [3.8, 4) is 17.2 Å². The molecule has 0 fully saturated rings. The van der Waals surface area contributed by atoms with E-state index >= 15 is 0 Å². The van der Waals surface area contributed by atoms with Gasteiger partial charge in [-0.25, -0.2) is 17.9 Å². The van der Waals surface area contributed by atoms with Crippen molar-refractivity contribution in [2.45, 2.75) is 11.5 Å². The van der Waals surface area contributed by atoms with Crippen LogP contribution in [0.1, 0.15) is 11.1 Å². The van der Waals surface area contributed by atoms with E-state index in [1.54, 1.807) is 24.3 Å². The van der Waals surface area contributed by atoms with Crippen LogP contribution in [0.15, 0.2) is 47.4 Å². The summed E-state index contributed by atoms with van der Waals surface area (Å²) in [5.41, 5.74) is 1.27. The van der Waals surface area contributed by atoms with E-state index in [1.165, 1.54) is 38.4 Å². The number of sulfonamides is 1. The average molecular weight is 405 g/mol. The Morgan fingerprint density at radius 1 is 1.18 bits per heavy atom. The molecule has 1 heterocycles. The van der Waals surface area contributed by atoms with Gasteiger partial charge in [-0.15, -0.1) is 0 Å². The summed E-state index contributed by atoms with van der Waals surface area (Å²) >= 11 is 0. The van der Waals surface area contributed by atoms with E-state index in [0.717, 1.165) is 5.56 Å². The highest BCUT2D eigenvalue weighted by molar-refractivity contribution is 7.89. The van der Waals surface area contributed by atoms with Crippen LogP contribution in [-0.4, -0.2) is 35.3 Å². The maximum absolute atomic E-state index is 12.1. The Labute approximate surface area is 162 Å². The Balaban J connectivity index is 1.66. The molecule has 2 aromatic rings. The van der Waals surface area contributed by atoms with Gasteiger partial charge in [0.15, 0.2) is 11.5 Å². The molecule has 8 nitrogen and oxygen atoms in total. The van der Waals surface area contributed by atoms with Crippen LogP contribution in [0.3, 0.4) is 0 Å². The van der Waals surface area contributed by atoms with Crippen LogP contribution in [0.5, 0.6) is 17.2 Å². The zero-order valence-corrected chi connectivity index (χ0v) is 16.1. The minimum Gasteiger partial charge on any atom is -0.495 e. The van der Waals surface area contributed by atoms with E-state index in [9.17, 15) is 13.2 Å². The first kappa shape index (κ1) is 19.7. The smallest absolute Gasteiger partial charge is 0.331 e. The number of hydrogen-bond donors (Lipinski definition) is 1. The van der Waals surface area contributed by atoms with Crippen LogP contribution in [0.2, 0.25) is 0 Å². The van der Waals surface area contributed by atoms with Gasteiger partial charge in [-0.2, -0.15) is 0 Å². The first-order valence-electron chi connectivity index (χ1n) is 8.28. The van der Waals surface area contributed by atoms with Crippen molar-refractivity contribution in [2.75, 3.05) is 21.0 Å². The van der Waals surface area contributed by atoms with Crippen molar-refractivity contribution < 1.29 is 32.2 Å². The van der Waals surface area contributed by atoms with Gasteiger partial charge in [-0.3, -0.25) is 0 Å². The number of carbonyl (C=O) groups is 1. The predicted molar refractivity (Wildman–Crippen MR) is 101 cm³/mol. The van der Waals surface area contributed by atoms with Gasteiger partial charge in [-0.1, -0.05) is 12.1 Å². The molecule has 0 aliphatic carbocycles. The lowest BCUT2D eigenvalue weighted by atomic mass is 10.2. The summed E-state index contributed by atoms with van der Waals surface area (Å²) in [6, 6.07) is 9.84. The van der Waals surface area contributed by atoms with Crippen LogP contribution in [-0.2, 0) is 26.2 Å². The van der Waals surface area contributed by atoms with Gasteiger partial charge >= 0.3 is 5.97 Å². The van der Waals surface area contributed by atoms with E-state index in [2.05, 4.69) is 4.72 Å². The number of rotatable bonds is 7. The van der Waals surface area contributed by atoms with Gasteiger partial charge < -0.3 is 18.9 Å². The Hall–Kier alpha value is -3.04. The first-order valence-corrected chi connectivity index (χ1v) is 9.76. The van der Waals surface area contributed by atoms with Gasteiger partial charge in [0.1, 0.15) is 17.3 Å². The lowest BCUT2D eigenvalue weighted by Crippen LogP contribution is -2.19. The molecule has 0 bridgehead atoms. The van der Waals surface area contributed by atoms with Gasteiger partial charge in [-0.05, 0) is 48.5 Å². The van der Waals surface area contributed by atoms with Gasteiger partial charge in [0.25, 0.3) is 0 Å². The van der Waals surface area contributed by atoms with Crippen LogP contribution in [0.25, 0.3) is 6.08 Å². The number of esters is 1. The second-order valence-electron chi connectivity index (χ2n) is 5.75. The highest BCUT2D eigenvalue weighted by Crippen LogP contribution is 2.32. The summed E-state index contributed by atoms with van der Waals surface area (Å²) in [7, 11) is -1.01. The standard InChI is InChI=1S/C19H19NO7S/c1-20-28(22,23)18-10-13(3-7-16(18)24-2)5-8-19(21)25-11-14-4-6-15-17(9-14)27-12-26-15/h3-10,20H,11-12H2,1-2H3/b8-5+. The monoisotopic (exact) mass is 405 g/mol. The fraction of sp³-hybridized carbons (Fsp3) is 0.211. The first-order chi connectivity index (χ1) is 13.4. The summed E-state index contributed by atoms with van der Waals surface area (Å²) in [6.07, 6.45) is 2.70. The minimum atomic E-state index is -3.70. The Morgan fingerprint density at radius 2 is 1.96 bits per heavy atom. The number of methoxy groups -OCH3 is 1. The fourth-order valence-electron chi connectivity index (χ4n) is 2.51. The number of hydrogen-bond acceptors (Lipinski definition) is 7. The highest BCUT2D eigenvalue weighted by atomic mass is 32.2. The number of benzene rings is 2. The molecule has 0 saturated carbocycles. The molecular weight excluding hydrogens is 386 g/mol. The molecule has 0 spiro atoms. The van der Waals surface area contributed by atoms with E-state index in [1.807, 2.05) is 0 Å². The minimum absolute atomic E-state index is 0.0200. The van der Waals surface area contributed by atoms with Crippen molar-refractivity contribution >= 4 is 22.1 Å². The predicted octanol–water partition coefficient (Wildman–Crippen LogP) is 2.09. The van der Waals surface area contributed by atoms with Gasteiger partial charge in [0.05, 0.1) is 7.11 Å². The molecule has 0 atom stereocenters. The third-order valence-corrected chi connectivity index (χ3v) is 5.41. The molecule has 2 aromatic carbocycles. The van der Waals surface area contributed by atoms with E-state index < -0.39 is 16.0 Å². The van der Waals surface area contributed by atoms with E-state index in [-0.39, 0.29) is 24.0 Å². The van der Waals surface area contributed by atoms with Crippen LogP contribution >= 0.6 is 0 Å². The molecule has 0 amide bonds. The number of fused-ring (bicyclic) bond motifs is 1. The van der Waals surface area contributed by atoms with Crippen molar-refractivity contribution in [1.29, 1.82) is 0 Å². The zero-order chi connectivity index (χ0) is 20.1. The molecular formula is C19H19NO7S. The van der Waals surface area contributed by atoms with Crippen molar-refractivity contribution in [3.63, 3.8) is 0 Å². The van der Waals surface area contributed by atoms with Crippen molar-refractivity contribution in [2.24, 2.45) is 0 Å².